The van der Waals surface area contributed by atoms with Crippen molar-refractivity contribution < 1.29 is 17.9 Å². The molecular formula is C19H29N3O4S. The fraction of sp³-hybridized carbons (Fsp3) is 0.632. The molecular weight excluding hydrogens is 366 g/mol. The Balaban J connectivity index is 1.56. The minimum absolute atomic E-state index is 0.0449. The van der Waals surface area contributed by atoms with Crippen molar-refractivity contribution in [3.63, 3.8) is 0 Å². The topological polar surface area (TPSA) is 87.7 Å². The van der Waals surface area contributed by atoms with E-state index >= 15 is 0 Å². The Bertz CT molecular complexity index is 794. The molecule has 27 heavy (non-hydrogen) atoms. The molecule has 2 atom stereocenters. The van der Waals surface area contributed by atoms with Gasteiger partial charge in [0, 0.05) is 37.5 Å². The number of benzene rings is 1. The molecule has 0 bridgehead atoms. The van der Waals surface area contributed by atoms with Crippen molar-refractivity contribution in [2.75, 3.05) is 20.2 Å². The van der Waals surface area contributed by atoms with Crippen molar-refractivity contribution in [2.24, 2.45) is 0 Å². The number of likely N-dealkylation sites (N-methyl/N-ethyl adjacent to an activating group) is 1. The number of hydrogen-bond acceptors (Lipinski definition) is 5. The van der Waals surface area contributed by atoms with Gasteiger partial charge in [-0.15, -0.1) is 0 Å². The summed E-state index contributed by atoms with van der Waals surface area (Å²) < 4.78 is 33.5. The number of amides is 1. The number of rotatable bonds is 7. The summed E-state index contributed by atoms with van der Waals surface area (Å²) in [5.74, 6) is 0.815. The van der Waals surface area contributed by atoms with Crippen LogP contribution in [0.15, 0.2) is 23.1 Å². The van der Waals surface area contributed by atoms with Crippen molar-refractivity contribution in [3.8, 4) is 5.75 Å². The molecule has 1 aromatic carbocycles. The summed E-state index contributed by atoms with van der Waals surface area (Å²) in [7, 11) is -1.60. The van der Waals surface area contributed by atoms with E-state index in [2.05, 4.69) is 14.9 Å². The van der Waals surface area contributed by atoms with Gasteiger partial charge >= 0.3 is 0 Å². The van der Waals surface area contributed by atoms with Crippen LogP contribution in [0.3, 0.4) is 0 Å². The van der Waals surface area contributed by atoms with E-state index in [1.165, 1.54) is 0 Å². The van der Waals surface area contributed by atoms with Gasteiger partial charge in [0.1, 0.15) is 5.75 Å². The van der Waals surface area contributed by atoms with Gasteiger partial charge in [0.05, 0.1) is 11.5 Å². The molecule has 0 unspecified atom stereocenters. The zero-order valence-corrected chi connectivity index (χ0v) is 17.0. The molecule has 0 aromatic heterocycles. The lowest BCUT2D eigenvalue weighted by atomic mass is 10.1. The summed E-state index contributed by atoms with van der Waals surface area (Å²) in [6, 6.07) is 5.38. The lowest BCUT2D eigenvalue weighted by Crippen LogP contribution is -2.43. The van der Waals surface area contributed by atoms with Crippen LogP contribution in [0, 0.1) is 0 Å². The number of nitrogens with zero attached hydrogens (tertiary/aromatic N) is 1. The summed E-state index contributed by atoms with van der Waals surface area (Å²) in [6.07, 6.45) is 2.95. The second kappa shape index (κ2) is 8.16. The summed E-state index contributed by atoms with van der Waals surface area (Å²) in [5.41, 5.74) is 0.937. The van der Waals surface area contributed by atoms with E-state index in [0.717, 1.165) is 30.6 Å². The maximum atomic E-state index is 12.6. The summed E-state index contributed by atoms with van der Waals surface area (Å²) >= 11 is 0. The van der Waals surface area contributed by atoms with Gasteiger partial charge in [0.15, 0.2) is 0 Å². The molecule has 0 spiro atoms. The van der Waals surface area contributed by atoms with Crippen LogP contribution in [0.1, 0.15) is 38.7 Å². The second-order valence-corrected chi connectivity index (χ2v) is 9.46. The summed E-state index contributed by atoms with van der Waals surface area (Å²) in [6.45, 7) is 4.83. The molecule has 2 aliphatic heterocycles. The molecule has 150 valence electrons. The lowest BCUT2D eigenvalue weighted by Gasteiger charge is -2.26. The normalized spacial score (nSPS) is 22.7. The number of carbonyl (C=O) groups excluding carboxylic acids is 1. The van der Waals surface area contributed by atoms with Crippen molar-refractivity contribution >= 4 is 15.9 Å². The van der Waals surface area contributed by atoms with Crippen LogP contribution in [-0.2, 0) is 21.2 Å². The van der Waals surface area contributed by atoms with Gasteiger partial charge in [0.25, 0.3) is 0 Å². The van der Waals surface area contributed by atoms with E-state index in [4.69, 9.17) is 4.74 Å². The number of sulfonamides is 1. The number of hydrogen-bond donors (Lipinski definition) is 2. The number of ether oxygens (including phenoxy) is 1. The van der Waals surface area contributed by atoms with Gasteiger partial charge in [-0.05, 0) is 57.5 Å². The maximum absolute atomic E-state index is 12.6. The van der Waals surface area contributed by atoms with Gasteiger partial charge in [0.2, 0.25) is 15.9 Å². The molecule has 0 radical (unpaired) electrons. The van der Waals surface area contributed by atoms with Gasteiger partial charge in [-0.2, -0.15) is 0 Å². The van der Waals surface area contributed by atoms with Gasteiger partial charge in [-0.3, -0.25) is 9.69 Å². The first-order chi connectivity index (χ1) is 12.8. The molecule has 7 nitrogen and oxygen atoms in total. The minimum atomic E-state index is -3.56. The van der Waals surface area contributed by atoms with E-state index in [1.54, 1.807) is 18.2 Å². The molecule has 2 heterocycles. The molecule has 0 saturated carbocycles. The van der Waals surface area contributed by atoms with E-state index in [0.29, 0.717) is 19.6 Å². The molecule has 2 aliphatic rings. The molecule has 1 saturated heterocycles. The van der Waals surface area contributed by atoms with Crippen LogP contribution < -0.4 is 14.8 Å². The first kappa shape index (κ1) is 20.1. The van der Waals surface area contributed by atoms with Crippen molar-refractivity contribution in [3.05, 3.63) is 23.8 Å². The molecule has 1 fully saturated rings. The molecule has 1 aromatic rings. The van der Waals surface area contributed by atoms with E-state index in [9.17, 15) is 13.2 Å². The van der Waals surface area contributed by atoms with Crippen LogP contribution in [0.25, 0.3) is 0 Å². The van der Waals surface area contributed by atoms with Crippen LogP contribution in [0.2, 0.25) is 0 Å². The lowest BCUT2D eigenvalue weighted by molar-refractivity contribution is -0.122. The largest absolute Gasteiger partial charge is 0.493 e. The van der Waals surface area contributed by atoms with Crippen molar-refractivity contribution in [1.29, 1.82) is 0 Å². The van der Waals surface area contributed by atoms with Crippen LogP contribution in [-0.4, -0.2) is 57.5 Å². The van der Waals surface area contributed by atoms with Crippen LogP contribution >= 0.6 is 0 Å². The molecule has 2 N–H and O–H groups in total. The van der Waals surface area contributed by atoms with Crippen molar-refractivity contribution in [1.82, 2.24) is 14.9 Å². The molecule has 3 rings (SSSR count). The quantitative estimate of drug-likeness (QED) is 0.726. The number of carbonyl (C=O) groups is 1. The van der Waals surface area contributed by atoms with Crippen LogP contribution in [0.5, 0.6) is 5.75 Å². The maximum Gasteiger partial charge on any atom is 0.240 e. The highest BCUT2D eigenvalue weighted by molar-refractivity contribution is 7.89. The van der Waals surface area contributed by atoms with Gasteiger partial charge < -0.3 is 10.1 Å². The third-order valence-corrected chi connectivity index (χ3v) is 6.76. The highest BCUT2D eigenvalue weighted by Crippen LogP contribution is 2.28. The zero-order valence-electron chi connectivity index (χ0n) is 16.2. The number of fused-ring (bicyclic) bond motifs is 1. The Hall–Kier alpha value is -1.64. The fourth-order valence-corrected chi connectivity index (χ4v) is 4.92. The predicted molar refractivity (Wildman–Crippen MR) is 103 cm³/mol. The van der Waals surface area contributed by atoms with Gasteiger partial charge in [-0.1, -0.05) is 0 Å². The Morgan fingerprint density at radius 2 is 2.04 bits per heavy atom. The minimum Gasteiger partial charge on any atom is -0.493 e. The summed E-state index contributed by atoms with van der Waals surface area (Å²) in [5, 5.41) is 2.92. The highest BCUT2D eigenvalue weighted by Gasteiger charge is 2.32. The van der Waals surface area contributed by atoms with E-state index in [-0.39, 0.29) is 28.9 Å². The first-order valence-electron chi connectivity index (χ1n) is 9.53. The highest BCUT2D eigenvalue weighted by atomic mass is 32.2. The van der Waals surface area contributed by atoms with E-state index < -0.39 is 10.0 Å². The Labute approximate surface area is 161 Å². The number of likely N-dealkylation sites (tertiary alicyclic amines) is 1. The third-order valence-electron chi connectivity index (χ3n) is 5.34. The molecule has 1 amide bonds. The molecule has 0 aliphatic carbocycles. The SMILES string of the molecule is CC(C)NC(=O)C[C@H]1CC[C@@H](CNS(=O)(=O)c2ccc3c(c2)CCO3)N1C. The zero-order chi connectivity index (χ0) is 19.6. The summed E-state index contributed by atoms with van der Waals surface area (Å²) in [4.78, 5) is 14.4. The first-order valence-corrected chi connectivity index (χ1v) is 11.0. The average molecular weight is 396 g/mol. The Morgan fingerprint density at radius 1 is 1.30 bits per heavy atom. The van der Waals surface area contributed by atoms with Gasteiger partial charge in [-0.25, -0.2) is 13.1 Å². The Kier molecular flexibility index (Phi) is 6.08. The fourth-order valence-electron chi connectivity index (χ4n) is 3.80. The standard InChI is InChI=1S/C19H29N3O4S/c1-13(2)21-19(23)11-15-4-5-16(22(15)3)12-20-27(24,25)17-6-7-18-14(10-17)8-9-26-18/h6-7,10,13,15-16,20H,4-5,8-9,11-12H2,1-3H3,(H,21,23)/t15-,16+/m1/s1. The van der Waals surface area contributed by atoms with Crippen LogP contribution in [0.4, 0.5) is 0 Å². The van der Waals surface area contributed by atoms with E-state index in [1.807, 2.05) is 20.9 Å². The second-order valence-electron chi connectivity index (χ2n) is 7.70. The smallest absolute Gasteiger partial charge is 0.240 e. The molecule has 8 heteroatoms. The third kappa shape index (κ3) is 4.80. The number of nitrogens with one attached hydrogen (secondary N) is 2. The Morgan fingerprint density at radius 3 is 2.78 bits per heavy atom. The van der Waals surface area contributed by atoms with Crippen molar-refractivity contribution in [2.45, 2.75) is 62.6 Å². The predicted octanol–water partition coefficient (Wildman–Crippen LogP) is 1.28. The average Bonchev–Trinajstić information content (AvgIpc) is 3.19. The monoisotopic (exact) mass is 395 g/mol.